The van der Waals surface area contributed by atoms with Gasteiger partial charge in [0.05, 0.1) is 12.5 Å². The first kappa shape index (κ1) is 11.2. The number of nitriles is 1. The average Bonchev–Trinajstić information content (AvgIpc) is 2.25. The number of nitrogens with one attached hydrogen (secondary N) is 1. The van der Waals surface area contributed by atoms with Crippen molar-refractivity contribution in [3.05, 3.63) is 35.9 Å². The van der Waals surface area contributed by atoms with E-state index in [9.17, 15) is 4.79 Å². The van der Waals surface area contributed by atoms with Crippen LogP contribution in [0.4, 0.5) is 0 Å². The number of benzene rings is 1. The second-order valence-corrected chi connectivity index (χ2v) is 3.15. The van der Waals surface area contributed by atoms with Crippen molar-refractivity contribution in [3.63, 3.8) is 0 Å². The maximum atomic E-state index is 10.4. The summed E-state index contributed by atoms with van der Waals surface area (Å²) in [7, 11) is 0. The SMILES string of the molecule is N#CC(CC(=O)O)NCc1ccccc1. The standard InChI is InChI=1S/C11H12N2O2/c12-7-10(6-11(14)15)13-8-9-4-2-1-3-5-9/h1-5,10,13H,6,8H2,(H,14,15). The van der Waals surface area contributed by atoms with Gasteiger partial charge in [-0.1, -0.05) is 30.3 Å². The molecule has 0 fully saturated rings. The highest BCUT2D eigenvalue weighted by molar-refractivity contribution is 5.68. The highest BCUT2D eigenvalue weighted by Crippen LogP contribution is 1.99. The Morgan fingerprint density at radius 3 is 2.67 bits per heavy atom. The first-order valence-electron chi connectivity index (χ1n) is 4.61. The molecule has 0 aliphatic rings. The third kappa shape index (κ3) is 4.25. The van der Waals surface area contributed by atoms with Crippen molar-refractivity contribution in [1.29, 1.82) is 5.26 Å². The van der Waals surface area contributed by atoms with E-state index in [0.29, 0.717) is 6.54 Å². The molecule has 1 atom stereocenters. The van der Waals surface area contributed by atoms with Crippen LogP contribution in [0.3, 0.4) is 0 Å². The lowest BCUT2D eigenvalue weighted by atomic mass is 10.2. The average molecular weight is 204 g/mol. The maximum absolute atomic E-state index is 10.4. The first-order valence-corrected chi connectivity index (χ1v) is 4.61. The Morgan fingerprint density at radius 1 is 1.47 bits per heavy atom. The van der Waals surface area contributed by atoms with Crippen molar-refractivity contribution in [2.45, 2.75) is 19.0 Å². The molecule has 1 rings (SSSR count). The van der Waals surface area contributed by atoms with Crippen molar-refractivity contribution in [1.82, 2.24) is 5.32 Å². The van der Waals surface area contributed by atoms with E-state index in [1.165, 1.54) is 0 Å². The number of carboxylic acid groups (broad SMARTS) is 1. The lowest BCUT2D eigenvalue weighted by molar-refractivity contribution is -0.137. The summed E-state index contributed by atoms with van der Waals surface area (Å²) in [5.41, 5.74) is 1.03. The molecule has 0 saturated carbocycles. The molecule has 0 amide bonds. The molecule has 0 spiro atoms. The first-order chi connectivity index (χ1) is 7.22. The molecule has 0 heterocycles. The fraction of sp³-hybridized carbons (Fsp3) is 0.273. The number of nitrogens with zero attached hydrogens (tertiary/aromatic N) is 1. The molecule has 1 unspecified atom stereocenters. The second kappa shape index (κ2) is 5.78. The fourth-order valence-electron chi connectivity index (χ4n) is 1.17. The van der Waals surface area contributed by atoms with Gasteiger partial charge in [0.1, 0.15) is 6.04 Å². The van der Waals surface area contributed by atoms with Gasteiger partial charge in [0, 0.05) is 6.54 Å². The van der Waals surface area contributed by atoms with Crippen molar-refractivity contribution in [2.24, 2.45) is 0 Å². The molecule has 1 aromatic rings. The van der Waals surface area contributed by atoms with Crippen LogP contribution in [-0.2, 0) is 11.3 Å². The van der Waals surface area contributed by atoms with Gasteiger partial charge in [-0.15, -0.1) is 0 Å². The van der Waals surface area contributed by atoms with Crippen LogP contribution in [0.2, 0.25) is 0 Å². The second-order valence-electron chi connectivity index (χ2n) is 3.15. The van der Waals surface area contributed by atoms with E-state index in [4.69, 9.17) is 10.4 Å². The Labute approximate surface area is 88.2 Å². The third-order valence-electron chi connectivity index (χ3n) is 1.93. The molecule has 15 heavy (non-hydrogen) atoms. The smallest absolute Gasteiger partial charge is 0.306 e. The number of carboxylic acids is 1. The van der Waals surface area contributed by atoms with E-state index < -0.39 is 12.0 Å². The molecule has 0 aliphatic heterocycles. The zero-order chi connectivity index (χ0) is 11.1. The van der Waals surface area contributed by atoms with Gasteiger partial charge in [-0.2, -0.15) is 5.26 Å². The van der Waals surface area contributed by atoms with Crippen molar-refractivity contribution >= 4 is 5.97 Å². The Balaban J connectivity index is 2.42. The molecule has 0 aromatic heterocycles. The van der Waals surface area contributed by atoms with Crippen LogP contribution in [0.1, 0.15) is 12.0 Å². The maximum Gasteiger partial charge on any atom is 0.306 e. The van der Waals surface area contributed by atoms with Crippen LogP contribution >= 0.6 is 0 Å². The minimum Gasteiger partial charge on any atom is -0.481 e. The van der Waals surface area contributed by atoms with Gasteiger partial charge < -0.3 is 5.11 Å². The molecule has 0 radical (unpaired) electrons. The molecule has 1 aromatic carbocycles. The minimum absolute atomic E-state index is 0.177. The van der Waals surface area contributed by atoms with Crippen molar-refractivity contribution in [2.75, 3.05) is 0 Å². The molecule has 78 valence electrons. The van der Waals surface area contributed by atoms with Gasteiger partial charge in [-0.05, 0) is 5.56 Å². The summed E-state index contributed by atoms with van der Waals surface area (Å²) in [5, 5.41) is 20.1. The minimum atomic E-state index is -0.970. The Hall–Kier alpha value is -1.86. The normalized spacial score (nSPS) is 11.7. The fourth-order valence-corrected chi connectivity index (χ4v) is 1.17. The van der Waals surface area contributed by atoms with Gasteiger partial charge in [0.2, 0.25) is 0 Å². The zero-order valence-electron chi connectivity index (χ0n) is 8.18. The summed E-state index contributed by atoms with van der Waals surface area (Å²) in [6.45, 7) is 0.506. The predicted molar refractivity (Wildman–Crippen MR) is 54.9 cm³/mol. The summed E-state index contributed by atoms with van der Waals surface area (Å²) in [5.74, 6) is -0.970. The molecule has 4 heteroatoms. The Morgan fingerprint density at radius 2 is 2.13 bits per heavy atom. The van der Waals surface area contributed by atoms with Crippen molar-refractivity contribution < 1.29 is 9.90 Å². The number of rotatable bonds is 5. The van der Waals surface area contributed by atoms with Crippen LogP contribution in [0.15, 0.2) is 30.3 Å². The summed E-state index contributed by atoms with van der Waals surface area (Å²) in [6.07, 6.45) is -0.177. The van der Waals surface area contributed by atoms with Gasteiger partial charge in [-0.25, -0.2) is 0 Å². The van der Waals surface area contributed by atoms with Crippen LogP contribution in [-0.4, -0.2) is 17.1 Å². The van der Waals surface area contributed by atoms with E-state index >= 15 is 0 Å². The van der Waals surface area contributed by atoms with E-state index in [1.807, 2.05) is 36.4 Å². The molecular formula is C11H12N2O2. The summed E-state index contributed by atoms with van der Waals surface area (Å²) in [4.78, 5) is 10.4. The third-order valence-corrected chi connectivity index (χ3v) is 1.93. The Kier molecular flexibility index (Phi) is 4.32. The van der Waals surface area contributed by atoms with Gasteiger partial charge >= 0.3 is 5.97 Å². The van der Waals surface area contributed by atoms with Crippen LogP contribution in [0.5, 0.6) is 0 Å². The van der Waals surface area contributed by atoms with Gasteiger partial charge in [0.15, 0.2) is 0 Å². The molecule has 0 saturated heterocycles. The molecule has 4 nitrogen and oxygen atoms in total. The topological polar surface area (TPSA) is 73.1 Å². The van der Waals surface area contributed by atoms with E-state index in [1.54, 1.807) is 0 Å². The number of hydrogen-bond donors (Lipinski definition) is 2. The lowest BCUT2D eigenvalue weighted by Crippen LogP contribution is -2.29. The highest BCUT2D eigenvalue weighted by atomic mass is 16.4. The van der Waals surface area contributed by atoms with E-state index in [0.717, 1.165) is 5.56 Å². The highest BCUT2D eigenvalue weighted by Gasteiger charge is 2.10. The number of hydrogen-bond acceptors (Lipinski definition) is 3. The summed E-state index contributed by atoms with van der Waals surface area (Å²) >= 11 is 0. The van der Waals surface area contributed by atoms with E-state index in [-0.39, 0.29) is 6.42 Å². The largest absolute Gasteiger partial charge is 0.481 e. The van der Waals surface area contributed by atoms with Gasteiger partial charge in [-0.3, -0.25) is 10.1 Å². The summed E-state index contributed by atoms with van der Waals surface area (Å²) in [6, 6.07) is 10.8. The quantitative estimate of drug-likeness (QED) is 0.754. The monoisotopic (exact) mass is 204 g/mol. The molecule has 0 bridgehead atoms. The lowest BCUT2D eigenvalue weighted by Gasteiger charge is -2.08. The van der Waals surface area contributed by atoms with Crippen LogP contribution in [0.25, 0.3) is 0 Å². The van der Waals surface area contributed by atoms with Crippen LogP contribution < -0.4 is 5.32 Å². The van der Waals surface area contributed by atoms with Gasteiger partial charge in [0.25, 0.3) is 0 Å². The van der Waals surface area contributed by atoms with Crippen molar-refractivity contribution in [3.8, 4) is 6.07 Å². The predicted octanol–water partition coefficient (Wildman–Crippen LogP) is 1.14. The zero-order valence-corrected chi connectivity index (χ0v) is 8.18. The molecule has 0 aliphatic carbocycles. The molecular weight excluding hydrogens is 192 g/mol. The number of aliphatic carboxylic acids is 1. The Bertz CT molecular complexity index is 357. The number of carbonyl (C=O) groups is 1. The van der Waals surface area contributed by atoms with E-state index in [2.05, 4.69) is 5.32 Å². The summed E-state index contributed by atoms with van der Waals surface area (Å²) < 4.78 is 0. The van der Waals surface area contributed by atoms with Crippen LogP contribution in [0, 0.1) is 11.3 Å². The molecule has 2 N–H and O–H groups in total.